The van der Waals surface area contributed by atoms with E-state index in [4.69, 9.17) is 6.57 Å². The summed E-state index contributed by atoms with van der Waals surface area (Å²) >= 11 is 0. The Morgan fingerprint density at radius 3 is 2.57 bits per heavy atom. The minimum absolute atomic E-state index is 0.0229. The summed E-state index contributed by atoms with van der Waals surface area (Å²) in [6, 6.07) is 6.73. The van der Waals surface area contributed by atoms with Crippen molar-refractivity contribution in [3.63, 3.8) is 0 Å². The second-order valence-electron chi connectivity index (χ2n) is 10.3. The van der Waals surface area contributed by atoms with Crippen LogP contribution >= 0.6 is 0 Å². The molecule has 0 unspecified atom stereocenters. The lowest BCUT2D eigenvalue weighted by Gasteiger charge is -2.50. The average molecular weight is 374 g/mol. The topological polar surface area (TPSA) is 20.1 Å². The number of aromatic amines is 1. The van der Waals surface area contributed by atoms with E-state index in [9.17, 15) is 0 Å². The molecule has 146 valence electrons. The molecule has 0 amide bonds. The van der Waals surface area contributed by atoms with Crippen molar-refractivity contribution < 1.29 is 0 Å². The van der Waals surface area contributed by atoms with Crippen LogP contribution in [0, 0.1) is 17.9 Å². The first-order valence-electron chi connectivity index (χ1n) is 10.4. The predicted octanol–water partition coefficient (Wildman–Crippen LogP) is 6.94. The molecule has 4 atom stereocenters. The van der Waals surface area contributed by atoms with Gasteiger partial charge in [-0.3, -0.25) is 0 Å². The number of H-pyrrole nitrogens is 1. The van der Waals surface area contributed by atoms with Gasteiger partial charge in [0, 0.05) is 22.0 Å². The highest BCUT2D eigenvalue weighted by Gasteiger charge is 2.59. The summed E-state index contributed by atoms with van der Waals surface area (Å²) in [5.74, 6) is 0.765. The van der Waals surface area contributed by atoms with Gasteiger partial charge in [-0.2, -0.15) is 0 Å². The first kappa shape index (κ1) is 19.1. The first-order valence-corrected chi connectivity index (χ1v) is 10.4. The van der Waals surface area contributed by atoms with Gasteiger partial charge in [-0.25, -0.2) is 0 Å². The van der Waals surface area contributed by atoms with Crippen LogP contribution in [-0.2, 0) is 10.8 Å². The summed E-state index contributed by atoms with van der Waals surface area (Å²) in [7, 11) is 0. The van der Waals surface area contributed by atoms with Gasteiger partial charge in [0.15, 0.2) is 0 Å². The molecule has 0 spiro atoms. The molecule has 2 aromatic rings. The lowest BCUT2D eigenvalue weighted by molar-refractivity contribution is 0.118. The number of rotatable bonds is 3. The Morgan fingerprint density at radius 2 is 1.96 bits per heavy atom. The molecule has 1 heterocycles. The van der Waals surface area contributed by atoms with Crippen LogP contribution < -0.4 is 0 Å². The monoisotopic (exact) mass is 373 g/mol. The van der Waals surface area contributed by atoms with E-state index in [1.54, 1.807) is 0 Å². The summed E-state index contributed by atoms with van der Waals surface area (Å²) in [6.45, 7) is 25.9. The third kappa shape index (κ3) is 2.26. The second kappa shape index (κ2) is 5.86. The van der Waals surface area contributed by atoms with Crippen molar-refractivity contribution in [1.29, 1.82) is 0 Å². The predicted molar refractivity (Wildman–Crippen MR) is 120 cm³/mol. The lowest BCUT2D eigenvalue weighted by Crippen LogP contribution is -2.49. The molecule has 2 heteroatoms. The highest BCUT2D eigenvalue weighted by molar-refractivity contribution is 5.91. The van der Waals surface area contributed by atoms with Crippen molar-refractivity contribution in [3.8, 4) is 6.57 Å². The van der Waals surface area contributed by atoms with Crippen molar-refractivity contribution in [1.82, 2.24) is 4.98 Å². The average Bonchev–Trinajstić information content (AvgIpc) is 3.06. The fraction of sp³-hybridized carbons (Fsp3) is 0.500. The van der Waals surface area contributed by atoms with Gasteiger partial charge in [-0.05, 0) is 48.3 Å². The molecule has 0 saturated heterocycles. The molecule has 0 aliphatic heterocycles. The number of nitrogens with one attached hydrogen (secondary N) is 1. The summed E-state index contributed by atoms with van der Waals surface area (Å²) in [4.78, 5) is 8.27. The van der Waals surface area contributed by atoms with Crippen LogP contribution in [0.15, 0.2) is 43.5 Å². The Bertz CT molecular complexity index is 1010. The van der Waals surface area contributed by atoms with Gasteiger partial charge in [0.2, 0.25) is 0 Å². The normalized spacial score (nSPS) is 31.1. The summed E-state index contributed by atoms with van der Waals surface area (Å²) in [5.41, 5.74) is 5.16. The Morgan fingerprint density at radius 1 is 1.25 bits per heavy atom. The van der Waals surface area contributed by atoms with Crippen LogP contribution in [0.2, 0.25) is 0 Å². The SMILES string of the molecule is C#[N+][C@@H]1[C@@H]2c3c(C(C)(C)C=C)[nH]c4cccc(c34)C(C)(C)[C@H]2CC[C@]1(C)C=C. The molecule has 2 aliphatic carbocycles. The zero-order chi connectivity index (χ0) is 20.5. The lowest BCUT2D eigenvalue weighted by atomic mass is 9.50. The molecule has 0 radical (unpaired) electrons. The van der Waals surface area contributed by atoms with Crippen molar-refractivity contribution in [2.75, 3.05) is 0 Å². The molecule has 0 bridgehead atoms. The van der Waals surface area contributed by atoms with E-state index >= 15 is 0 Å². The number of hydrogen-bond donors (Lipinski definition) is 1. The minimum Gasteiger partial charge on any atom is -0.357 e. The fourth-order valence-electron chi connectivity index (χ4n) is 6.03. The molecule has 1 aromatic carbocycles. The maximum Gasteiger partial charge on any atom is 0.287 e. The molecule has 1 fully saturated rings. The van der Waals surface area contributed by atoms with E-state index in [1.807, 2.05) is 6.08 Å². The molecule has 1 aromatic heterocycles. The summed E-state index contributed by atoms with van der Waals surface area (Å²) in [5, 5.41) is 1.38. The number of fused-ring (bicyclic) bond motifs is 2. The first-order chi connectivity index (χ1) is 13.1. The number of benzene rings is 1. The number of nitrogens with zero attached hydrogens (tertiary/aromatic N) is 1. The van der Waals surface area contributed by atoms with E-state index in [2.05, 4.69) is 81.9 Å². The minimum atomic E-state index is -0.154. The number of hydrogen-bond acceptors (Lipinski definition) is 0. The van der Waals surface area contributed by atoms with Gasteiger partial charge in [0.25, 0.3) is 12.6 Å². The quantitative estimate of drug-likeness (QED) is 0.562. The van der Waals surface area contributed by atoms with Gasteiger partial charge in [-0.15, -0.1) is 13.2 Å². The van der Waals surface area contributed by atoms with Crippen LogP contribution in [0.4, 0.5) is 0 Å². The van der Waals surface area contributed by atoms with Crippen LogP contribution in [0.5, 0.6) is 0 Å². The van der Waals surface area contributed by atoms with Crippen molar-refractivity contribution >= 4 is 10.9 Å². The zero-order valence-corrected chi connectivity index (χ0v) is 18.0. The van der Waals surface area contributed by atoms with E-state index in [-0.39, 0.29) is 28.2 Å². The van der Waals surface area contributed by atoms with E-state index in [0.717, 1.165) is 12.8 Å². The van der Waals surface area contributed by atoms with Crippen LogP contribution in [0.3, 0.4) is 0 Å². The van der Waals surface area contributed by atoms with Gasteiger partial charge in [-0.1, -0.05) is 56.8 Å². The van der Waals surface area contributed by atoms with Crippen LogP contribution in [0.25, 0.3) is 15.7 Å². The van der Waals surface area contributed by atoms with Gasteiger partial charge >= 0.3 is 0 Å². The number of allylic oxidation sites excluding steroid dienone is 1. The fourth-order valence-corrected chi connectivity index (χ4v) is 6.03. The van der Waals surface area contributed by atoms with Crippen molar-refractivity contribution in [2.45, 2.75) is 70.3 Å². The van der Waals surface area contributed by atoms with Gasteiger partial charge in [0.05, 0.1) is 11.3 Å². The smallest absolute Gasteiger partial charge is 0.287 e. The maximum atomic E-state index is 6.10. The van der Waals surface area contributed by atoms with E-state index in [1.165, 1.54) is 27.7 Å². The standard InChI is InChI=1S/C26H33N2/c1-9-24(3,4)22-21-19-16(12-11-13-18(19)28-22)25(5,6)17-14-15-26(7,10-2)23(27-8)20(17)21/h8-13,17,20,23,28H,1-2,14-15H2,3-7H3/q+1/t17-,20-,23+,26-/m0/s1. The molecule has 2 aliphatic rings. The Balaban J connectivity index is 2.13. The van der Waals surface area contributed by atoms with Crippen molar-refractivity contribution in [2.24, 2.45) is 11.3 Å². The zero-order valence-electron chi connectivity index (χ0n) is 18.0. The molecule has 28 heavy (non-hydrogen) atoms. The number of aromatic nitrogens is 1. The Hall–Kier alpha value is -2.27. The van der Waals surface area contributed by atoms with Gasteiger partial charge < -0.3 is 4.98 Å². The molecule has 1 saturated carbocycles. The highest BCUT2D eigenvalue weighted by atomic mass is 14.8. The molecule has 2 nitrogen and oxygen atoms in total. The van der Waals surface area contributed by atoms with E-state index in [0.29, 0.717) is 5.92 Å². The Kier molecular flexibility index (Phi) is 3.99. The maximum absolute atomic E-state index is 6.10. The molecular weight excluding hydrogens is 340 g/mol. The molecule has 4 rings (SSSR count). The van der Waals surface area contributed by atoms with Crippen molar-refractivity contribution in [3.05, 3.63) is 65.2 Å². The largest absolute Gasteiger partial charge is 0.357 e. The van der Waals surface area contributed by atoms with Gasteiger partial charge in [0.1, 0.15) is 0 Å². The third-order valence-electron chi connectivity index (χ3n) is 8.04. The molecule has 1 N–H and O–H groups in total. The Labute approximate surface area is 169 Å². The molecular formula is C26H33N2+. The highest BCUT2D eigenvalue weighted by Crippen LogP contribution is 2.61. The third-order valence-corrected chi connectivity index (χ3v) is 8.04. The second-order valence-corrected chi connectivity index (χ2v) is 10.3. The summed E-state index contributed by atoms with van der Waals surface area (Å²) in [6.07, 6.45) is 6.36. The summed E-state index contributed by atoms with van der Waals surface area (Å²) < 4.78 is 0. The van der Waals surface area contributed by atoms with E-state index < -0.39 is 0 Å². The van der Waals surface area contributed by atoms with Crippen LogP contribution in [0.1, 0.15) is 70.2 Å². The van der Waals surface area contributed by atoms with Crippen LogP contribution in [-0.4, -0.2) is 11.0 Å².